The van der Waals surface area contributed by atoms with Crippen LogP contribution in [0.3, 0.4) is 0 Å². The fraction of sp³-hybridized carbons (Fsp3) is 0.533. The lowest BCUT2D eigenvalue weighted by Crippen LogP contribution is -2.49. The van der Waals surface area contributed by atoms with Crippen LogP contribution in [0.25, 0.3) is 0 Å². The topological polar surface area (TPSA) is 40.5 Å². The maximum absolute atomic E-state index is 12.7. The number of rotatable bonds is 6. The molecule has 1 unspecified atom stereocenters. The molecule has 6 heteroatoms. The van der Waals surface area contributed by atoms with E-state index in [1.807, 2.05) is 0 Å². The van der Waals surface area contributed by atoms with Gasteiger partial charge in [-0.1, -0.05) is 30.3 Å². The quantitative estimate of drug-likeness (QED) is 0.876. The first-order valence-electron chi connectivity index (χ1n) is 6.66. The largest absolute Gasteiger partial charge is 0.481 e. The molecule has 1 aromatic carbocycles. The Bertz CT molecular complexity index is 474. The van der Waals surface area contributed by atoms with Crippen molar-refractivity contribution in [2.24, 2.45) is 0 Å². The summed E-state index contributed by atoms with van der Waals surface area (Å²) in [6.07, 6.45) is -4.36. The molecule has 0 amide bonds. The molecular weight excluding hydrogens is 283 g/mol. The van der Waals surface area contributed by atoms with Crippen molar-refractivity contribution in [1.29, 1.82) is 0 Å². The molecule has 1 rings (SSSR count). The van der Waals surface area contributed by atoms with Crippen LogP contribution in [-0.4, -0.2) is 41.3 Å². The van der Waals surface area contributed by atoms with Crippen LogP contribution in [0.2, 0.25) is 0 Å². The number of nitrogens with zero attached hydrogens (tertiary/aromatic N) is 1. The fourth-order valence-corrected chi connectivity index (χ4v) is 2.15. The normalized spacial score (nSPS) is 15.2. The minimum absolute atomic E-state index is 0.205. The molecule has 0 aromatic heterocycles. The Morgan fingerprint density at radius 1 is 1.19 bits per heavy atom. The number of aliphatic carboxylic acids is 1. The summed E-state index contributed by atoms with van der Waals surface area (Å²) in [4.78, 5) is 12.8. The van der Waals surface area contributed by atoms with Crippen molar-refractivity contribution >= 4 is 5.97 Å². The monoisotopic (exact) mass is 303 g/mol. The Kier molecular flexibility index (Phi) is 5.39. The second-order valence-electron chi connectivity index (χ2n) is 5.62. The predicted octanol–water partition coefficient (Wildman–Crippen LogP) is 3.30. The molecule has 1 N–H and O–H groups in total. The van der Waals surface area contributed by atoms with Crippen LogP contribution in [0.15, 0.2) is 30.3 Å². The van der Waals surface area contributed by atoms with Crippen LogP contribution in [0.4, 0.5) is 13.2 Å². The standard InChI is InChI=1S/C15H20F3NO2/c1-11(2)19(10-15(16,17)18)9-14(3,13(20)21)12-7-5-4-6-8-12/h4-8,11H,9-10H2,1-3H3,(H,20,21). The van der Waals surface area contributed by atoms with Gasteiger partial charge in [0.15, 0.2) is 0 Å². The molecule has 0 radical (unpaired) electrons. The molecule has 0 saturated carbocycles. The van der Waals surface area contributed by atoms with Gasteiger partial charge in [0.25, 0.3) is 0 Å². The molecule has 0 bridgehead atoms. The number of halogens is 3. The average molecular weight is 303 g/mol. The predicted molar refractivity (Wildman–Crippen MR) is 74.2 cm³/mol. The van der Waals surface area contributed by atoms with Crippen LogP contribution in [0, 0.1) is 0 Å². The molecule has 0 saturated heterocycles. The van der Waals surface area contributed by atoms with Gasteiger partial charge in [0.05, 0.1) is 6.54 Å². The number of hydrogen-bond donors (Lipinski definition) is 1. The molecule has 1 atom stereocenters. The van der Waals surface area contributed by atoms with E-state index in [1.165, 1.54) is 6.92 Å². The Balaban J connectivity index is 3.09. The summed E-state index contributed by atoms with van der Waals surface area (Å²) < 4.78 is 38.0. The number of hydrogen-bond acceptors (Lipinski definition) is 2. The van der Waals surface area contributed by atoms with E-state index < -0.39 is 30.1 Å². The highest BCUT2D eigenvalue weighted by molar-refractivity contribution is 5.81. The van der Waals surface area contributed by atoms with Crippen LogP contribution in [-0.2, 0) is 10.2 Å². The summed E-state index contributed by atoms with van der Waals surface area (Å²) in [6, 6.07) is 7.94. The Labute approximate surface area is 122 Å². The third kappa shape index (κ3) is 4.74. The van der Waals surface area contributed by atoms with Gasteiger partial charge in [0.2, 0.25) is 0 Å². The molecule has 1 aromatic rings. The molecule has 0 aliphatic rings. The number of alkyl halides is 3. The van der Waals surface area contributed by atoms with E-state index in [1.54, 1.807) is 44.2 Å². The molecule has 3 nitrogen and oxygen atoms in total. The van der Waals surface area contributed by atoms with Crippen LogP contribution < -0.4 is 0 Å². The summed E-state index contributed by atoms with van der Waals surface area (Å²) >= 11 is 0. The molecule has 0 heterocycles. The van der Waals surface area contributed by atoms with Crippen molar-refractivity contribution in [3.05, 3.63) is 35.9 Å². The number of benzene rings is 1. The minimum Gasteiger partial charge on any atom is -0.481 e. The zero-order valence-electron chi connectivity index (χ0n) is 12.3. The molecule has 0 aliphatic heterocycles. The van der Waals surface area contributed by atoms with Crippen molar-refractivity contribution in [2.75, 3.05) is 13.1 Å². The Hall–Kier alpha value is -1.56. The fourth-order valence-electron chi connectivity index (χ4n) is 2.15. The van der Waals surface area contributed by atoms with E-state index >= 15 is 0 Å². The smallest absolute Gasteiger partial charge is 0.401 e. The van der Waals surface area contributed by atoms with Gasteiger partial charge < -0.3 is 5.11 Å². The highest BCUT2D eigenvalue weighted by atomic mass is 19.4. The molecule has 118 valence electrons. The molecule has 0 aliphatic carbocycles. The van der Waals surface area contributed by atoms with Gasteiger partial charge in [-0.25, -0.2) is 0 Å². The van der Waals surface area contributed by atoms with Crippen molar-refractivity contribution in [3.8, 4) is 0 Å². The number of carbonyl (C=O) groups is 1. The van der Waals surface area contributed by atoms with Gasteiger partial charge in [0, 0.05) is 12.6 Å². The second-order valence-corrected chi connectivity index (χ2v) is 5.62. The van der Waals surface area contributed by atoms with Crippen molar-refractivity contribution in [3.63, 3.8) is 0 Å². The van der Waals surface area contributed by atoms with Gasteiger partial charge in [0.1, 0.15) is 5.41 Å². The van der Waals surface area contributed by atoms with Crippen LogP contribution >= 0.6 is 0 Å². The van der Waals surface area contributed by atoms with E-state index in [9.17, 15) is 23.1 Å². The number of carboxylic acids is 1. The van der Waals surface area contributed by atoms with E-state index in [0.717, 1.165) is 4.90 Å². The van der Waals surface area contributed by atoms with E-state index in [-0.39, 0.29) is 6.54 Å². The zero-order chi connectivity index (χ0) is 16.3. The van der Waals surface area contributed by atoms with Crippen LogP contribution in [0.5, 0.6) is 0 Å². The van der Waals surface area contributed by atoms with E-state index in [0.29, 0.717) is 5.56 Å². The molecule has 0 fully saturated rings. The first-order valence-corrected chi connectivity index (χ1v) is 6.66. The lowest BCUT2D eigenvalue weighted by Gasteiger charge is -2.35. The highest BCUT2D eigenvalue weighted by Crippen LogP contribution is 2.28. The summed E-state index contributed by atoms with van der Waals surface area (Å²) in [5, 5.41) is 9.51. The van der Waals surface area contributed by atoms with Gasteiger partial charge in [-0.15, -0.1) is 0 Å². The summed E-state index contributed by atoms with van der Waals surface area (Å²) in [7, 11) is 0. The zero-order valence-corrected chi connectivity index (χ0v) is 12.3. The first kappa shape index (κ1) is 17.5. The van der Waals surface area contributed by atoms with E-state index in [4.69, 9.17) is 0 Å². The van der Waals surface area contributed by atoms with Crippen molar-refractivity contribution in [1.82, 2.24) is 4.90 Å². The van der Waals surface area contributed by atoms with Gasteiger partial charge in [-0.2, -0.15) is 13.2 Å². The summed E-state index contributed by atoms with van der Waals surface area (Å²) in [6.45, 7) is 3.37. The maximum Gasteiger partial charge on any atom is 0.401 e. The lowest BCUT2D eigenvalue weighted by molar-refractivity contribution is -0.157. The molecule has 0 spiro atoms. The molecular formula is C15H20F3NO2. The van der Waals surface area contributed by atoms with Crippen LogP contribution in [0.1, 0.15) is 26.3 Å². The first-order chi connectivity index (χ1) is 9.56. The third-order valence-corrected chi connectivity index (χ3v) is 3.51. The lowest BCUT2D eigenvalue weighted by atomic mass is 9.81. The maximum atomic E-state index is 12.7. The van der Waals surface area contributed by atoms with E-state index in [2.05, 4.69) is 0 Å². The van der Waals surface area contributed by atoms with Gasteiger partial charge in [-0.05, 0) is 26.3 Å². The van der Waals surface area contributed by atoms with Gasteiger partial charge in [-0.3, -0.25) is 9.69 Å². The average Bonchev–Trinajstić information content (AvgIpc) is 2.37. The molecule has 21 heavy (non-hydrogen) atoms. The van der Waals surface area contributed by atoms with Gasteiger partial charge >= 0.3 is 12.1 Å². The summed E-state index contributed by atoms with van der Waals surface area (Å²) in [5.74, 6) is -1.14. The van der Waals surface area contributed by atoms with Crippen molar-refractivity contribution < 1.29 is 23.1 Å². The van der Waals surface area contributed by atoms with Crippen molar-refractivity contribution in [2.45, 2.75) is 38.4 Å². The Morgan fingerprint density at radius 3 is 2.10 bits per heavy atom. The summed E-state index contributed by atoms with van der Waals surface area (Å²) in [5.41, 5.74) is -0.901. The SMILES string of the molecule is CC(C)N(CC(F)(F)F)CC(C)(C(=O)O)c1ccccc1. The highest BCUT2D eigenvalue weighted by Gasteiger charge is 2.40. The number of carboxylic acid groups (broad SMARTS) is 1. The minimum atomic E-state index is -4.36. The Morgan fingerprint density at radius 2 is 1.71 bits per heavy atom. The third-order valence-electron chi connectivity index (χ3n) is 3.51. The second kappa shape index (κ2) is 6.47.